The number of phenols is 1. The summed E-state index contributed by atoms with van der Waals surface area (Å²) in [7, 11) is 1.20. The monoisotopic (exact) mass is 1580 g/mol. The highest BCUT2D eigenvalue weighted by molar-refractivity contribution is 8.15. The van der Waals surface area contributed by atoms with Crippen molar-refractivity contribution in [3.8, 4) is 5.75 Å². The van der Waals surface area contributed by atoms with Crippen molar-refractivity contribution in [2.24, 2.45) is 34.4 Å². The summed E-state index contributed by atoms with van der Waals surface area (Å²) < 4.78 is 0. The van der Waals surface area contributed by atoms with Crippen molar-refractivity contribution in [2.75, 3.05) is 45.6 Å². The van der Waals surface area contributed by atoms with Crippen molar-refractivity contribution in [3.63, 3.8) is 0 Å². The number of aliphatic hydroxyl groups excluding tert-OH is 1. The number of phenolic OH excluding ortho intramolecular Hbond substituents is 1. The summed E-state index contributed by atoms with van der Waals surface area (Å²) in [6.45, 7) is 11.7. The summed E-state index contributed by atoms with van der Waals surface area (Å²) in [6, 6.07) is -11.2. The van der Waals surface area contributed by atoms with E-state index >= 15 is 0 Å². The number of thioether (sulfide) groups is 1. The van der Waals surface area contributed by atoms with Gasteiger partial charge in [0.2, 0.25) is 88.6 Å². The molecule has 2 aromatic rings. The maximum Gasteiger partial charge on any atom is 0.305 e. The van der Waals surface area contributed by atoms with Crippen LogP contribution < -0.4 is 85.5 Å². The molecule has 0 saturated carbocycles. The maximum atomic E-state index is 14.6. The first-order chi connectivity index (χ1) is 51.9. The van der Waals surface area contributed by atoms with E-state index in [0.717, 1.165) is 11.3 Å². The fourth-order valence-corrected chi connectivity index (χ4v) is 13.2. The first kappa shape index (κ1) is 92.0. The number of nitrogens with zero attached hydrogens (tertiary/aromatic N) is 1. The number of carbonyl (C=O) groups is 17. The smallest absolute Gasteiger partial charge is 0.305 e. The highest BCUT2D eigenvalue weighted by Gasteiger charge is 2.39. The van der Waals surface area contributed by atoms with Crippen molar-refractivity contribution in [1.82, 2.24) is 79.8 Å². The number of carboxylic acids is 2. The van der Waals surface area contributed by atoms with E-state index in [1.807, 2.05) is 0 Å². The van der Waals surface area contributed by atoms with E-state index in [0.29, 0.717) is 34.7 Å². The SMILES string of the molecule is CCC(C)[C@@H]1NC(=O)[C@H](C)NC(=O)[C@@H]2CSC(=N2)c2cc(cs2)C[C@@H](C(=O)N[C@@H](CO)C(=O)N[C@@H](CC(=O)O)C(=O)N[C@@H](Cc2ccc(O)cc2)C(=O)N[C@@H](CCCCN)C(=O)N[C@@H](CC(=O)O)C(=O)NC)NC(=O)CNC(=O)[C@H](C(C)C)NC(=O)CNC(=O)[C@H](CC(C)C)NC(=O)CNC(=O)[C@H](C(C)CC)NC1=O. The molecule has 2 aliphatic rings. The van der Waals surface area contributed by atoms with Crippen LogP contribution in [0.4, 0.5) is 0 Å². The van der Waals surface area contributed by atoms with Gasteiger partial charge in [-0.05, 0) is 97.5 Å². The molecule has 0 spiro atoms. The molecule has 2 aliphatic heterocycles. The number of aliphatic hydroxyl groups is 1. The Bertz CT molecular complexity index is 3650. The Hall–Kier alpha value is -10.3. The van der Waals surface area contributed by atoms with E-state index in [1.54, 1.807) is 66.8 Å². The normalized spacial score (nSPS) is 21.6. The topological polar surface area (TPSA) is 590 Å². The third kappa shape index (κ3) is 30.3. The third-order valence-corrected chi connectivity index (χ3v) is 20.0. The number of hydrogen-bond acceptors (Lipinski definition) is 23. The largest absolute Gasteiger partial charge is 0.508 e. The zero-order chi connectivity index (χ0) is 82.2. The van der Waals surface area contributed by atoms with Crippen LogP contribution in [0.15, 0.2) is 40.7 Å². The Kier molecular flexibility index (Phi) is 38.1. The lowest BCUT2D eigenvalue weighted by atomic mass is 9.94. The molecule has 40 heteroatoms. The van der Waals surface area contributed by atoms with Gasteiger partial charge in [0.05, 0.1) is 44.0 Å². The highest BCUT2D eigenvalue weighted by atomic mass is 32.2. The minimum Gasteiger partial charge on any atom is -0.508 e. The summed E-state index contributed by atoms with van der Waals surface area (Å²) >= 11 is 2.27. The molecular formula is C70H105N17O21S2. The number of carbonyl (C=O) groups excluding carboxylic acids is 15. The Labute approximate surface area is 644 Å². The van der Waals surface area contributed by atoms with Gasteiger partial charge in [0.25, 0.3) is 0 Å². The van der Waals surface area contributed by atoms with Crippen molar-refractivity contribution in [3.05, 3.63) is 51.7 Å². The van der Waals surface area contributed by atoms with Gasteiger partial charge in [0, 0.05) is 25.6 Å². The number of nitrogens with one attached hydrogen (secondary N) is 15. The van der Waals surface area contributed by atoms with E-state index in [9.17, 15) is 102 Å². The van der Waals surface area contributed by atoms with Crippen molar-refractivity contribution < 1.29 is 102 Å². The summed E-state index contributed by atoms with van der Waals surface area (Å²) in [5.74, 6) is -19.3. The number of aliphatic imine (C=N–C) groups is 1. The second kappa shape index (κ2) is 45.6. The average molecular weight is 1580 g/mol. The van der Waals surface area contributed by atoms with E-state index in [1.165, 1.54) is 50.0 Å². The van der Waals surface area contributed by atoms with Crippen LogP contribution in [0.1, 0.15) is 130 Å². The second-order valence-electron chi connectivity index (χ2n) is 27.5. The number of amides is 15. The molecule has 110 heavy (non-hydrogen) atoms. The molecule has 2 unspecified atom stereocenters. The number of aromatic hydroxyl groups is 1. The number of fused-ring (bicyclic) bond motifs is 4. The molecule has 4 rings (SSSR count). The molecule has 1 aromatic heterocycles. The van der Waals surface area contributed by atoms with Crippen molar-refractivity contribution in [1.29, 1.82) is 0 Å². The lowest BCUT2D eigenvalue weighted by Crippen LogP contribution is -2.61. The Morgan fingerprint density at radius 3 is 1.65 bits per heavy atom. The molecule has 0 radical (unpaired) electrons. The van der Waals surface area contributed by atoms with E-state index in [4.69, 9.17) is 5.73 Å². The number of carboxylic acid groups (broad SMARTS) is 2. The molecule has 3 heterocycles. The molecule has 38 nitrogen and oxygen atoms in total. The molecule has 21 N–H and O–H groups in total. The van der Waals surface area contributed by atoms with Crippen LogP contribution >= 0.6 is 23.1 Å². The Morgan fingerprint density at radius 2 is 1.10 bits per heavy atom. The standard InChI is InChI=1S/C70H105N17O21S2/c1-11-35(7)56-68(107)75-28-50(90)77-42(21-33(3)4)60(99)73-29-52(92)85-55(34(5)6)67(106)74-27-51(91)78-43(23-39-24-49(109-31-39)70-84-48(32-110-70)66(105)76-37(9)58(97)86-57(36(8)12-2)69(108)87-56)62(101)83-47(30-88)65(104)82-46(26-54(95)96)64(103)80-44(22-38-16-18-40(89)19-17-38)63(102)79-41(15-13-14-20-71)61(100)81-45(25-53(93)94)59(98)72-10/h16-19,24,31,33-37,41-48,55-57,88-89H,11-15,20-23,25-30,32,71H2,1-10H3,(H,72,98)(H,73,99)(H,74,106)(H,75,107)(H,76,105)(H,77,90)(H,78,91)(H,79,102)(H,80,103)(H,81,100)(H,82,104)(H,83,101)(H,85,92)(H,86,97)(H,87,108)(H,93,94)(H,95,96)/t35?,36?,37-,41-,42-,43-,44-,45-,46-,47-,48-,55-,56-,57-/m0/s1. The van der Waals surface area contributed by atoms with Gasteiger partial charge in [0.1, 0.15) is 83.3 Å². The highest BCUT2D eigenvalue weighted by Crippen LogP contribution is 2.29. The molecule has 0 aliphatic carbocycles. The van der Waals surface area contributed by atoms with Gasteiger partial charge in [-0.2, -0.15) is 0 Å². The van der Waals surface area contributed by atoms with Gasteiger partial charge in [0.15, 0.2) is 0 Å². The van der Waals surface area contributed by atoms with Gasteiger partial charge in [-0.1, -0.05) is 80.4 Å². The van der Waals surface area contributed by atoms with Gasteiger partial charge >= 0.3 is 11.9 Å². The fraction of sp³-hybridized carbons (Fsp3) is 0.600. The van der Waals surface area contributed by atoms with Crippen LogP contribution in [0.2, 0.25) is 0 Å². The number of likely N-dealkylation sites (N-methyl/N-ethyl adjacent to an activating group) is 1. The van der Waals surface area contributed by atoms with Gasteiger partial charge < -0.3 is 106 Å². The average Bonchev–Trinajstić information content (AvgIpc) is 1.11. The van der Waals surface area contributed by atoms with Crippen molar-refractivity contribution >= 4 is 129 Å². The molecule has 608 valence electrons. The summed E-state index contributed by atoms with van der Waals surface area (Å²) in [4.78, 5) is 237. The predicted octanol–water partition coefficient (Wildman–Crippen LogP) is -4.57. The Morgan fingerprint density at radius 1 is 0.591 bits per heavy atom. The number of thiophene rings is 1. The number of aliphatic carboxylic acids is 2. The van der Waals surface area contributed by atoms with E-state index in [-0.39, 0.29) is 48.8 Å². The van der Waals surface area contributed by atoms with Crippen LogP contribution in [-0.2, 0) is 94.3 Å². The molecule has 0 saturated heterocycles. The van der Waals surface area contributed by atoms with E-state index < -0.39 is 243 Å². The van der Waals surface area contributed by atoms with Crippen molar-refractivity contribution in [2.45, 2.75) is 199 Å². The summed E-state index contributed by atoms with van der Waals surface area (Å²) in [6.07, 6.45) is -1.61. The molecule has 14 atom stereocenters. The molecule has 15 amide bonds. The van der Waals surface area contributed by atoms with Crippen LogP contribution in [0.5, 0.6) is 5.75 Å². The lowest BCUT2D eigenvalue weighted by Gasteiger charge is -2.29. The summed E-state index contributed by atoms with van der Waals surface area (Å²) in [5.41, 5.74) is 6.30. The van der Waals surface area contributed by atoms with Crippen LogP contribution in [0.25, 0.3) is 0 Å². The number of rotatable bonds is 29. The lowest BCUT2D eigenvalue weighted by molar-refractivity contribution is -0.142. The fourth-order valence-electron chi connectivity index (χ4n) is 11.1. The quantitative estimate of drug-likeness (QED) is 0.0341. The van der Waals surface area contributed by atoms with Gasteiger partial charge in [-0.3, -0.25) is 86.5 Å². The zero-order valence-electron chi connectivity index (χ0n) is 63.1. The van der Waals surface area contributed by atoms with Gasteiger partial charge in [-0.15, -0.1) is 23.1 Å². The zero-order valence-corrected chi connectivity index (χ0v) is 64.7. The molecule has 1 aromatic carbocycles. The minimum absolute atomic E-state index is 0.0646. The van der Waals surface area contributed by atoms with E-state index in [2.05, 4.69) is 84.7 Å². The molecule has 4 bridgehead atoms. The first-order valence-electron chi connectivity index (χ1n) is 36.1. The number of unbranched alkanes of at least 4 members (excludes halogenated alkanes) is 1. The molecular weight excluding hydrogens is 1480 g/mol. The van der Waals surface area contributed by atoms with Gasteiger partial charge in [-0.25, -0.2) is 0 Å². The Balaban J connectivity index is 1.70. The predicted molar refractivity (Wildman–Crippen MR) is 400 cm³/mol. The maximum absolute atomic E-state index is 14.6. The second-order valence-corrected chi connectivity index (χ2v) is 29.4. The number of nitrogens with two attached hydrogens (primary N) is 1. The van der Waals surface area contributed by atoms with Crippen LogP contribution in [0, 0.1) is 23.7 Å². The van der Waals surface area contributed by atoms with Crippen LogP contribution in [0.3, 0.4) is 0 Å². The third-order valence-electron chi connectivity index (χ3n) is 17.8. The molecule has 0 fully saturated rings. The minimum atomic E-state index is -2.10. The number of hydrogen-bond donors (Lipinski definition) is 20. The first-order valence-corrected chi connectivity index (χ1v) is 38.0. The number of benzene rings is 1. The van der Waals surface area contributed by atoms with Crippen LogP contribution in [-0.4, -0.2) is 244 Å². The summed E-state index contributed by atoms with van der Waals surface area (Å²) in [5, 5.41) is 79.0.